The van der Waals surface area contributed by atoms with Crippen LogP contribution in [0.5, 0.6) is 0 Å². The van der Waals surface area contributed by atoms with E-state index in [9.17, 15) is 13.6 Å². The van der Waals surface area contributed by atoms with Gasteiger partial charge in [0.15, 0.2) is 5.78 Å². The Labute approximate surface area is 120 Å². The molecule has 0 heterocycles. The van der Waals surface area contributed by atoms with Gasteiger partial charge in [0.25, 0.3) is 0 Å². The number of unbranched alkanes of at least 4 members (excludes halogenated alkanes) is 1. The van der Waals surface area contributed by atoms with Crippen LogP contribution in [0.2, 0.25) is 0 Å². The third kappa shape index (κ3) is 3.44. The number of hydrogen-bond acceptors (Lipinski definition) is 3. The van der Waals surface area contributed by atoms with Crippen molar-refractivity contribution in [3.8, 4) is 0 Å². The summed E-state index contributed by atoms with van der Waals surface area (Å²) >= 11 is 3.31. The molecule has 0 saturated carbocycles. The summed E-state index contributed by atoms with van der Waals surface area (Å²) in [5.74, 6) is 0.555. The standard InChI is InChI=1S/C14H17ClO3S/c15-7-2-1-6-13(16)11-8-10-4-3-5-12(10)14(9-11)19(17)18/h8-9H,1-7H2,(H,17,18)/p-1. The van der Waals surface area contributed by atoms with E-state index in [1.54, 1.807) is 0 Å². The molecule has 0 amide bonds. The summed E-state index contributed by atoms with van der Waals surface area (Å²) in [6, 6.07) is 3.39. The topological polar surface area (TPSA) is 57.2 Å². The average Bonchev–Trinajstić information content (AvgIpc) is 2.85. The molecule has 0 N–H and O–H groups in total. The fraction of sp³-hybridized carbons (Fsp3) is 0.500. The summed E-state index contributed by atoms with van der Waals surface area (Å²) in [6.07, 6.45) is 4.59. The Kier molecular flexibility index (Phi) is 5.13. The lowest BCUT2D eigenvalue weighted by molar-refractivity contribution is 0.0979. The predicted molar refractivity (Wildman–Crippen MR) is 74.6 cm³/mol. The molecule has 2 rings (SSSR count). The number of fused-ring (bicyclic) bond motifs is 1. The molecule has 5 heteroatoms. The second kappa shape index (κ2) is 6.64. The third-order valence-electron chi connectivity index (χ3n) is 3.46. The SMILES string of the molecule is O=C(CCCCCl)c1cc2c(c(S(=O)[O-])c1)CCC2. The Morgan fingerprint density at radius 2 is 2.11 bits per heavy atom. The second-order valence-electron chi connectivity index (χ2n) is 4.77. The monoisotopic (exact) mass is 299 g/mol. The van der Waals surface area contributed by atoms with Crippen LogP contribution in [-0.2, 0) is 23.9 Å². The smallest absolute Gasteiger partial charge is 0.162 e. The van der Waals surface area contributed by atoms with E-state index >= 15 is 0 Å². The Balaban J connectivity index is 2.24. The molecule has 0 saturated heterocycles. The van der Waals surface area contributed by atoms with Crippen molar-refractivity contribution in [2.45, 2.75) is 43.4 Å². The predicted octanol–water partition coefficient (Wildman–Crippen LogP) is 3.01. The number of alkyl halides is 1. The zero-order valence-electron chi connectivity index (χ0n) is 10.6. The average molecular weight is 300 g/mol. The van der Waals surface area contributed by atoms with Gasteiger partial charge in [0.1, 0.15) is 0 Å². The van der Waals surface area contributed by atoms with E-state index < -0.39 is 11.1 Å². The van der Waals surface area contributed by atoms with E-state index in [0.29, 0.717) is 22.8 Å². The van der Waals surface area contributed by atoms with Gasteiger partial charge in [-0.25, -0.2) is 0 Å². The maximum absolute atomic E-state index is 12.1. The summed E-state index contributed by atoms with van der Waals surface area (Å²) in [7, 11) is 0. The highest BCUT2D eigenvalue weighted by Gasteiger charge is 2.18. The van der Waals surface area contributed by atoms with E-state index in [2.05, 4.69) is 0 Å². The molecule has 1 aromatic rings. The highest BCUT2D eigenvalue weighted by molar-refractivity contribution is 7.79. The molecule has 104 valence electrons. The third-order valence-corrected chi connectivity index (χ3v) is 4.45. The first-order chi connectivity index (χ1) is 9.13. The van der Waals surface area contributed by atoms with E-state index in [4.69, 9.17) is 11.6 Å². The van der Waals surface area contributed by atoms with Gasteiger partial charge in [0.05, 0.1) is 0 Å². The van der Waals surface area contributed by atoms with Gasteiger partial charge in [-0.2, -0.15) is 0 Å². The van der Waals surface area contributed by atoms with Gasteiger partial charge in [-0.05, 0) is 66.4 Å². The molecule has 0 fully saturated rings. The number of carbonyl (C=O) groups is 1. The van der Waals surface area contributed by atoms with Crippen molar-refractivity contribution in [3.05, 3.63) is 28.8 Å². The van der Waals surface area contributed by atoms with Gasteiger partial charge in [-0.1, -0.05) is 0 Å². The Bertz CT molecular complexity index is 514. The summed E-state index contributed by atoms with van der Waals surface area (Å²) in [5.41, 5.74) is 2.43. The van der Waals surface area contributed by atoms with E-state index in [0.717, 1.165) is 43.2 Å². The number of aryl methyl sites for hydroxylation is 1. The molecule has 0 aliphatic heterocycles. The summed E-state index contributed by atoms with van der Waals surface area (Å²) < 4.78 is 22.5. The molecule has 1 aliphatic carbocycles. The number of hydrogen-bond donors (Lipinski definition) is 0. The largest absolute Gasteiger partial charge is 0.768 e. The van der Waals surface area contributed by atoms with Crippen LogP contribution in [0.4, 0.5) is 0 Å². The van der Waals surface area contributed by atoms with Crippen molar-refractivity contribution in [3.63, 3.8) is 0 Å². The molecular weight excluding hydrogens is 284 g/mol. The lowest BCUT2D eigenvalue weighted by atomic mass is 10.0. The number of Topliss-reactive ketones (excluding diaryl/α,β-unsaturated/α-hetero) is 1. The molecule has 1 aromatic carbocycles. The second-order valence-corrected chi connectivity index (χ2v) is 6.06. The van der Waals surface area contributed by atoms with Crippen molar-refractivity contribution in [2.75, 3.05) is 5.88 Å². The Hall–Kier alpha value is -0.710. The quantitative estimate of drug-likeness (QED) is 0.351. The molecule has 0 spiro atoms. The molecule has 1 atom stereocenters. The molecule has 1 unspecified atom stereocenters. The maximum atomic E-state index is 12.1. The van der Waals surface area contributed by atoms with Crippen molar-refractivity contribution < 1.29 is 13.6 Å². The van der Waals surface area contributed by atoms with Crippen LogP contribution >= 0.6 is 11.6 Å². The number of rotatable bonds is 6. The van der Waals surface area contributed by atoms with Crippen molar-refractivity contribution in [1.82, 2.24) is 0 Å². The first-order valence-corrected chi connectivity index (χ1v) is 8.08. The lowest BCUT2D eigenvalue weighted by Crippen LogP contribution is -2.04. The minimum atomic E-state index is -2.27. The van der Waals surface area contributed by atoms with Crippen LogP contribution in [0.15, 0.2) is 17.0 Å². The Morgan fingerprint density at radius 3 is 2.79 bits per heavy atom. The molecule has 1 aliphatic rings. The van der Waals surface area contributed by atoms with Crippen molar-refractivity contribution >= 4 is 28.5 Å². The van der Waals surface area contributed by atoms with Gasteiger partial charge in [-0.15, -0.1) is 11.6 Å². The van der Waals surface area contributed by atoms with Gasteiger partial charge in [0.2, 0.25) is 0 Å². The van der Waals surface area contributed by atoms with Crippen LogP contribution in [0.1, 0.15) is 47.2 Å². The molecule has 0 bridgehead atoms. The zero-order chi connectivity index (χ0) is 13.8. The number of ketones is 1. The minimum Gasteiger partial charge on any atom is -0.768 e. The van der Waals surface area contributed by atoms with Crippen molar-refractivity contribution in [2.24, 2.45) is 0 Å². The molecular formula is C14H16ClO3S-. The van der Waals surface area contributed by atoms with E-state index in [-0.39, 0.29) is 5.78 Å². The van der Waals surface area contributed by atoms with Crippen LogP contribution in [0.3, 0.4) is 0 Å². The van der Waals surface area contributed by atoms with Crippen LogP contribution in [0, 0.1) is 0 Å². The van der Waals surface area contributed by atoms with E-state index in [1.807, 2.05) is 6.07 Å². The lowest BCUT2D eigenvalue weighted by Gasteiger charge is -2.13. The minimum absolute atomic E-state index is 0.00603. The number of halogens is 1. The maximum Gasteiger partial charge on any atom is 0.162 e. The van der Waals surface area contributed by atoms with Gasteiger partial charge >= 0.3 is 0 Å². The van der Waals surface area contributed by atoms with Gasteiger partial charge < -0.3 is 4.55 Å². The van der Waals surface area contributed by atoms with Gasteiger partial charge in [-0.3, -0.25) is 9.00 Å². The summed E-state index contributed by atoms with van der Waals surface area (Å²) in [6.45, 7) is 0. The van der Waals surface area contributed by atoms with Crippen molar-refractivity contribution in [1.29, 1.82) is 0 Å². The van der Waals surface area contributed by atoms with Gasteiger partial charge in [0, 0.05) is 22.8 Å². The highest BCUT2D eigenvalue weighted by atomic mass is 35.5. The van der Waals surface area contributed by atoms with Crippen LogP contribution in [0.25, 0.3) is 0 Å². The van der Waals surface area contributed by atoms with Crippen LogP contribution in [-0.4, -0.2) is 20.4 Å². The molecule has 0 aromatic heterocycles. The molecule has 0 radical (unpaired) electrons. The normalized spacial score (nSPS) is 15.3. The summed E-state index contributed by atoms with van der Waals surface area (Å²) in [5, 5.41) is 0. The first kappa shape index (κ1) is 14.7. The van der Waals surface area contributed by atoms with E-state index in [1.165, 1.54) is 6.07 Å². The number of carbonyl (C=O) groups excluding carboxylic acids is 1. The number of benzene rings is 1. The fourth-order valence-corrected chi connectivity index (χ4v) is 3.35. The highest BCUT2D eigenvalue weighted by Crippen LogP contribution is 2.29. The Morgan fingerprint density at radius 1 is 1.32 bits per heavy atom. The summed E-state index contributed by atoms with van der Waals surface area (Å²) in [4.78, 5) is 12.4. The fourth-order valence-electron chi connectivity index (χ4n) is 2.50. The first-order valence-electron chi connectivity index (χ1n) is 6.47. The van der Waals surface area contributed by atoms with Crippen LogP contribution < -0.4 is 0 Å². The molecule has 19 heavy (non-hydrogen) atoms. The molecule has 3 nitrogen and oxygen atoms in total. The zero-order valence-corrected chi connectivity index (χ0v) is 12.2.